The number of rotatable bonds is 2. The second kappa shape index (κ2) is 6.60. The van der Waals surface area contributed by atoms with Crippen molar-refractivity contribution in [3.8, 4) is 0 Å². The minimum atomic E-state index is -3.93. The third-order valence-corrected chi connectivity index (χ3v) is 7.33. The maximum Gasteiger partial charge on any atom is 0.243 e. The molecule has 1 aliphatic rings. The van der Waals surface area contributed by atoms with E-state index in [1.165, 1.54) is 18.2 Å². The zero-order valence-corrected chi connectivity index (χ0v) is 16.0. The summed E-state index contributed by atoms with van der Waals surface area (Å²) in [6, 6.07) is 4.42. The molecule has 8 nitrogen and oxygen atoms in total. The predicted molar refractivity (Wildman–Crippen MR) is 97.8 cm³/mol. The van der Waals surface area contributed by atoms with E-state index in [-0.39, 0.29) is 23.0 Å². The van der Waals surface area contributed by atoms with Crippen molar-refractivity contribution in [2.75, 3.05) is 6.26 Å². The molecule has 2 unspecified atom stereocenters. The first-order valence-electron chi connectivity index (χ1n) is 7.37. The molecule has 11 heteroatoms. The van der Waals surface area contributed by atoms with Gasteiger partial charge < -0.3 is 4.42 Å². The molecule has 0 saturated heterocycles. The summed E-state index contributed by atoms with van der Waals surface area (Å²) < 4.78 is 41.1. The van der Waals surface area contributed by atoms with Gasteiger partial charge in [0, 0.05) is 17.7 Å². The molecule has 0 fully saturated rings. The van der Waals surface area contributed by atoms with Crippen LogP contribution in [0.25, 0.3) is 11.0 Å². The Bertz CT molecular complexity index is 1140. The quantitative estimate of drug-likeness (QED) is 0.736. The summed E-state index contributed by atoms with van der Waals surface area (Å²) >= 11 is 5.91. The fourth-order valence-corrected chi connectivity index (χ4v) is 5.45. The summed E-state index contributed by atoms with van der Waals surface area (Å²) in [4.78, 5) is 25.0. The van der Waals surface area contributed by atoms with Gasteiger partial charge in [0.2, 0.25) is 20.1 Å². The Morgan fingerprint density at radius 2 is 2.12 bits per heavy atom. The number of hydrazone groups is 1. The standard InChI is InChI=1S/C15H13ClN2O6S2/c1-3-12(19)18-14(25(21)15(17-18)26(2,22)23)10-7-24-11-5-4-8(16)6-9(11)13(10)20/h4-7,14H,3H2,1-2H3. The van der Waals surface area contributed by atoms with Gasteiger partial charge in [-0.15, -0.1) is 5.10 Å². The summed E-state index contributed by atoms with van der Waals surface area (Å²) in [7, 11) is -6.18. The van der Waals surface area contributed by atoms with Crippen LogP contribution in [0.3, 0.4) is 0 Å². The highest BCUT2D eigenvalue weighted by Crippen LogP contribution is 2.32. The normalized spacial score (nSPS) is 20.4. The molecule has 2 atom stereocenters. The van der Waals surface area contributed by atoms with E-state index in [4.69, 9.17) is 16.0 Å². The van der Waals surface area contributed by atoms with Crippen LogP contribution in [-0.4, -0.2) is 34.2 Å². The van der Waals surface area contributed by atoms with E-state index in [1.54, 1.807) is 6.92 Å². The highest BCUT2D eigenvalue weighted by Gasteiger charge is 2.44. The number of carbonyl (C=O) groups excluding carboxylic acids is 1. The van der Waals surface area contributed by atoms with Crippen molar-refractivity contribution in [2.24, 2.45) is 5.10 Å². The number of hydrogen-bond donors (Lipinski definition) is 0. The van der Waals surface area contributed by atoms with Crippen LogP contribution in [0.15, 0.2) is 38.8 Å². The maximum absolute atomic E-state index is 12.8. The Labute approximate surface area is 155 Å². The number of benzene rings is 1. The maximum atomic E-state index is 12.8. The van der Waals surface area contributed by atoms with Crippen molar-refractivity contribution in [1.82, 2.24) is 5.01 Å². The fraction of sp³-hybridized carbons (Fsp3) is 0.267. The number of amides is 1. The minimum absolute atomic E-state index is 0.0149. The summed E-state index contributed by atoms with van der Waals surface area (Å²) in [5.74, 6) is -0.576. The lowest BCUT2D eigenvalue weighted by Gasteiger charge is -2.19. The van der Waals surface area contributed by atoms with Crippen LogP contribution in [0, 0.1) is 0 Å². The zero-order chi connectivity index (χ0) is 19.2. The average molecular weight is 417 g/mol. The largest absolute Gasteiger partial charge is 0.464 e. The van der Waals surface area contributed by atoms with Crippen LogP contribution in [0.4, 0.5) is 0 Å². The van der Waals surface area contributed by atoms with Gasteiger partial charge in [0.25, 0.3) is 0 Å². The SMILES string of the molecule is CCC(=O)N1N=C(S(C)(=O)=O)S(=O)C1c1coc2ccc(Cl)cc2c1=O. The van der Waals surface area contributed by atoms with E-state index in [2.05, 4.69) is 5.10 Å². The second-order valence-corrected chi connectivity index (χ2v) is 9.59. The summed E-state index contributed by atoms with van der Waals surface area (Å²) in [5, 5.41) is 3.53. The smallest absolute Gasteiger partial charge is 0.243 e. The molecule has 0 radical (unpaired) electrons. The first-order chi connectivity index (χ1) is 12.1. The fourth-order valence-electron chi connectivity index (χ4n) is 2.47. The molecule has 2 heterocycles. The lowest BCUT2D eigenvalue weighted by atomic mass is 10.1. The number of hydrogen-bond acceptors (Lipinski definition) is 7. The van der Waals surface area contributed by atoms with Crippen molar-refractivity contribution < 1.29 is 21.8 Å². The van der Waals surface area contributed by atoms with Gasteiger partial charge in [0.1, 0.15) is 22.6 Å². The summed E-state index contributed by atoms with van der Waals surface area (Å²) in [6.07, 6.45) is 1.89. The van der Waals surface area contributed by atoms with Crippen molar-refractivity contribution in [3.63, 3.8) is 0 Å². The summed E-state index contributed by atoms with van der Waals surface area (Å²) in [5.41, 5.74) is -0.446. The monoisotopic (exact) mass is 416 g/mol. The Morgan fingerprint density at radius 1 is 1.42 bits per heavy atom. The van der Waals surface area contributed by atoms with Gasteiger partial charge >= 0.3 is 0 Å². The van der Waals surface area contributed by atoms with E-state index < -0.39 is 41.7 Å². The van der Waals surface area contributed by atoms with Gasteiger partial charge in [-0.3, -0.25) is 9.59 Å². The van der Waals surface area contributed by atoms with E-state index in [0.29, 0.717) is 5.02 Å². The molecule has 1 aliphatic heterocycles. The van der Waals surface area contributed by atoms with Crippen molar-refractivity contribution in [2.45, 2.75) is 18.7 Å². The average Bonchev–Trinajstić information content (AvgIpc) is 2.92. The topological polar surface area (TPSA) is 114 Å². The Hall–Kier alpha value is -2.04. The molecule has 1 aromatic heterocycles. The Morgan fingerprint density at radius 3 is 2.73 bits per heavy atom. The minimum Gasteiger partial charge on any atom is -0.464 e. The number of nitrogens with zero attached hydrogens (tertiary/aromatic N) is 2. The lowest BCUT2D eigenvalue weighted by Crippen LogP contribution is -2.31. The molecular formula is C15H13ClN2O6S2. The van der Waals surface area contributed by atoms with E-state index in [1.807, 2.05) is 0 Å². The van der Waals surface area contributed by atoms with Crippen LogP contribution in [0.2, 0.25) is 5.02 Å². The lowest BCUT2D eigenvalue weighted by molar-refractivity contribution is -0.131. The molecule has 0 spiro atoms. The van der Waals surface area contributed by atoms with Crippen LogP contribution < -0.4 is 5.43 Å². The molecule has 0 bridgehead atoms. The zero-order valence-electron chi connectivity index (χ0n) is 13.6. The molecule has 0 N–H and O–H groups in total. The number of halogens is 1. The molecule has 1 aromatic carbocycles. The Balaban J connectivity index is 2.23. The molecule has 138 valence electrons. The molecule has 0 saturated carbocycles. The molecular weight excluding hydrogens is 404 g/mol. The van der Waals surface area contributed by atoms with Gasteiger partial charge in [0.15, 0.2) is 10.8 Å². The third-order valence-electron chi connectivity index (χ3n) is 3.69. The molecule has 26 heavy (non-hydrogen) atoms. The van der Waals surface area contributed by atoms with Crippen LogP contribution in [0.1, 0.15) is 24.3 Å². The second-order valence-electron chi connectivity index (χ2n) is 5.54. The van der Waals surface area contributed by atoms with E-state index >= 15 is 0 Å². The van der Waals surface area contributed by atoms with Gasteiger partial charge in [-0.05, 0) is 18.2 Å². The van der Waals surface area contributed by atoms with Gasteiger partial charge in [-0.1, -0.05) is 18.5 Å². The molecule has 1 amide bonds. The van der Waals surface area contributed by atoms with Crippen LogP contribution >= 0.6 is 11.6 Å². The van der Waals surface area contributed by atoms with Crippen LogP contribution in [-0.2, 0) is 25.4 Å². The predicted octanol–water partition coefficient (Wildman–Crippen LogP) is 1.76. The van der Waals surface area contributed by atoms with Crippen LogP contribution in [0.5, 0.6) is 0 Å². The highest BCUT2D eigenvalue weighted by atomic mass is 35.5. The number of sulfone groups is 1. The molecule has 2 aromatic rings. The Kier molecular flexibility index (Phi) is 4.76. The highest BCUT2D eigenvalue weighted by molar-refractivity contribution is 8.28. The summed E-state index contributed by atoms with van der Waals surface area (Å²) in [6.45, 7) is 1.54. The van der Waals surface area contributed by atoms with Gasteiger partial charge in [-0.25, -0.2) is 17.6 Å². The number of carbonyl (C=O) groups is 1. The van der Waals surface area contributed by atoms with Crippen molar-refractivity contribution >= 4 is 53.5 Å². The van der Waals surface area contributed by atoms with E-state index in [0.717, 1.165) is 17.5 Å². The molecule has 3 rings (SSSR count). The first-order valence-corrected chi connectivity index (χ1v) is 10.9. The van der Waals surface area contributed by atoms with E-state index in [9.17, 15) is 22.2 Å². The van der Waals surface area contributed by atoms with Crippen molar-refractivity contribution in [3.05, 3.63) is 45.3 Å². The van der Waals surface area contributed by atoms with Gasteiger partial charge in [0.05, 0.1) is 10.9 Å². The van der Waals surface area contributed by atoms with Crippen molar-refractivity contribution in [1.29, 1.82) is 0 Å². The first kappa shape index (κ1) is 18.7. The molecule has 0 aliphatic carbocycles. The number of fused-ring (bicyclic) bond motifs is 1. The van der Waals surface area contributed by atoms with Gasteiger partial charge in [-0.2, -0.15) is 0 Å². The third kappa shape index (κ3) is 3.08.